The van der Waals surface area contributed by atoms with Crippen molar-refractivity contribution in [2.75, 3.05) is 4.42 Å². The van der Waals surface area contributed by atoms with Crippen LogP contribution in [0.3, 0.4) is 0 Å². The molecule has 0 heterocycles. The number of anilines is 1. The highest BCUT2D eigenvalue weighted by Crippen LogP contribution is 2.26. The zero-order chi connectivity index (χ0) is 9.14. The van der Waals surface area contributed by atoms with E-state index in [2.05, 4.69) is 0 Å². The molecule has 1 aromatic carbocycles. The van der Waals surface area contributed by atoms with Crippen LogP contribution in [0.1, 0.15) is 0 Å². The van der Waals surface area contributed by atoms with Gasteiger partial charge in [-0.2, -0.15) is 4.42 Å². The number of halogens is 2. The van der Waals surface area contributed by atoms with E-state index < -0.39 is 6.09 Å². The molecule has 1 rings (SSSR count). The molecule has 5 heteroatoms. The minimum absolute atomic E-state index is 0.195. The summed E-state index contributed by atoms with van der Waals surface area (Å²) in [4.78, 5) is 10.3. The Morgan fingerprint density at radius 3 is 2.42 bits per heavy atom. The van der Waals surface area contributed by atoms with Crippen LogP contribution in [0.15, 0.2) is 24.3 Å². The van der Waals surface area contributed by atoms with Crippen molar-refractivity contribution in [2.24, 2.45) is 0 Å². The molecule has 0 atom stereocenters. The number of carbonyl (C=O) groups is 1. The largest absolute Gasteiger partial charge is 0.472 e. The molecule has 0 saturated heterocycles. The van der Waals surface area contributed by atoms with Gasteiger partial charge < -0.3 is 0 Å². The van der Waals surface area contributed by atoms with Crippen molar-refractivity contribution in [3.8, 4) is 0 Å². The van der Waals surface area contributed by atoms with Crippen LogP contribution in [0.4, 0.5) is 10.5 Å². The number of benzene rings is 1. The van der Waals surface area contributed by atoms with Crippen LogP contribution >= 0.6 is 23.4 Å². The second-order valence-corrected chi connectivity index (χ2v) is 2.74. The van der Waals surface area contributed by atoms with Gasteiger partial charge in [-0.1, -0.05) is 23.7 Å². The molecule has 0 saturated carbocycles. The molecule has 0 unspecified atom stereocenters. The molecule has 12 heavy (non-hydrogen) atoms. The molecule has 3 nitrogen and oxygen atoms in total. The van der Waals surface area contributed by atoms with Gasteiger partial charge in [-0.05, 0) is 12.1 Å². The van der Waals surface area contributed by atoms with Gasteiger partial charge in [0.2, 0.25) is 0 Å². The lowest BCUT2D eigenvalue weighted by molar-refractivity contribution is 0.181. The minimum Gasteiger partial charge on any atom is -0.218 e. The lowest BCUT2D eigenvalue weighted by atomic mass is 10.3. The first-order chi connectivity index (χ1) is 5.63. The highest BCUT2D eigenvalue weighted by Gasteiger charge is 2.15. The summed E-state index contributed by atoms with van der Waals surface area (Å²) in [7, 11) is 0. The van der Waals surface area contributed by atoms with Gasteiger partial charge >= 0.3 is 6.09 Å². The van der Waals surface area contributed by atoms with E-state index in [4.69, 9.17) is 23.4 Å². The zero-order valence-electron chi connectivity index (χ0n) is 5.83. The van der Waals surface area contributed by atoms with Gasteiger partial charge in [-0.15, -0.1) is 0 Å². The molecule has 0 bridgehead atoms. The summed E-state index contributed by atoms with van der Waals surface area (Å²) >= 11 is 11.0. The fourth-order valence-corrected chi connectivity index (χ4v) is 1.12. The Balaban J connectivity index is 3.02. The van der Waals surface area contributed by atoms with Crippen LogP contribution in [0.2, 0.25) is 5.02 Å². The van der Waals surface area contributed by atoms with Crippen molar-refractivity contribution < 1.29 is 9.90 Å². The summed E-state index contributed by atoms with van der Waals surface area (Å²) in [6, 6.07) is 6.31. The predicted molar refractivity (Wildman–Crippen MR) is 45.9 cm³/mol. The summed E-state index contributed by atoms with van der Waals surface area (Å²) in [6.45, 7) is 0. The van der Waals surface area contributed by atoms with E-state index >= 15 is 0 Å². The molecular formula is C7H4Cl2NO2. The topological polar surface area (TPSA) is 40.2 Å². The molecule has 0 aromatic heterocycles. The quantitative estimate of drug-likeness (QED) is 0.649. The lowest BCUT2D eigenvalue weighted by Gasteiger charge is -2.08. The summed E-state index contributed by atoms with van der Waals surface area (Å²) in [5.74, 6) is 0. The van der Waals surface area contributed by atoms with E-state index in [9.17, 15) is 9.90 Å². The van der Waals surface area contributed by atoms with Crippen LogP contribution in [-0.4, -0.2) is 6.09 Å². The highest BCUT2D eigenvalue weighted by molar-refractivity contribution is 6.40. The Morgan fingerprint density at radius 1 is 1.33 bits per heavy atom. The summed E-state index contributed by atoms with van der Waals surface area (Å²) in [5.41, 5.74) is 0.195. The number of hydrogen-bond acceptors (Lipinski definition) is 1. The first kappa shape index (κ1) is 9.16. The van der Waals surface area contributed by atoms with E-state index in [1.807, 2.05) is 0 Å². The molecule has 0 aliphatic heterocycles. The molecule has 1 aromatic rings. The molecule has 0 aliphatic rings. The fourth-order valence-electron chi connectivity index (χ4n) is 0.709. The monoisotopic (exact) mass is 204 g/mol. The smallest absolute Gasteiger partial charge is 0.218 e. The summed E-state index contributed by atoms with van der Waals surface area (Å²) in [6.07, 6.45) is -1.51. The second kappa shape index (κ2) is 3.65. The van der Waals surface area contributed by atoms with E-state index in [0.717, 1.165) is 0 Å². The van der Waals surface area contributed by atoms with Crippen molar-refractivity contribution in [1.82, 2.24) is 0 Å². The van der Waals surface area contributed by atoms with Gasteiger partial charge in [0.05, 0.1) is 10.7 Å². The number of rotatable bonds is 1. The van der Waals surface area contributed by atoms with Gasteiger partial charge in [0.25, 0.3) is 0 Å². The molecule has 0 fully saturated rings. The Hall–Kier alpha value is -0.930. The normalized spacial score (nSPS) is 9.50. The molecule has 63 valence electrons. The lowest BCUT2D eigenvalue weighted by Crippen LogP contribution is -2.16. The van der Waals surface area contributed by atoms with Crippen molar-refractivity contribution >= 4 is 35.2 Å². The van der Waals surface area contributed by atoms with Crippen molar-refractivity contribution in [1.29, 1.82) is 0 Å². The first-order valence-electron chi connectivity index (χ1n) is 3.04. The molecule has 1 radical (unpaired) electrons. The van der Waals surface area contributed by atoms with Gasteiger partial charge in [-0.3, -0.25) is 0 Å². The fraction of sp³-hybridized carbons (Fsp3) is 0. The van der Waals surface area contributed by atoms with Crippen LogP contribution in [0.25, 0.3) is 0 Å². The number of hydrogen-bond donors (Lipinski definition) is 0. The van der Waals surface area contributed by atoms with E-state index in [1.54, 1.807) is 12.1 Å². The molecule has 0 N–H and O–H groups in total. The standard InChI is InChI=1S/C7H4Cl2NO2/c8-5-3-1-2-4-6(5)10(9)7(11)12/h1-4H. The Kier molecular flexibility index (Phi) is 2.78. The number of para-hydroxylation sites is 1. The van der Waals surface area contributed by atoms with Crippen molar-refractivity contribution in [3.63, 3.8) is 0 Å². The SMILES string of the molecule is [O]C(=O)N(Cl)c1ccccc1Cl. The molecule has 1 amide bonds. The first-order valence-corrected chi connectivity index (χ1v) is 3.76. The van der Waals surface area contributed by atoms with Crippen LogP contribution in [0.5, 0.6) is 0 Å². The second-order valence-electron chi connectivity index (χ2n) is 2.00. The maximum absolute atomic E-state index is 10.3. The predicted octanol–water partition coefficient (Wildman–Crippen LogP) is 2.85. The van der Waals surface area contributed by atoms with Gasteiger partial charge in [0.1, 0.15) is 0 Å². The number of amides is 1. The van der Waals surface area contributed by atoms with Crippen LogP contribution < -0.4 is 4.42 Å². The summed E-state index contributed by atoms with van der Waals surface area (Å²) in [5, 5.41) is 10.5. The third-order valence-electron chi connectivity index (χ3n) is 1.22. The third kappa shape index (κ3) is 1.81. The average Bonchev–Trinajstić information content (AvgIpc) is 2.04. The van der Waals surface area contributed by atoms with Gasteiger partial charge in [0.15, 0.2) is 0 Å². The minimum atomic E-state index is -1.51. The maximum Gasteiger partial charge on any atom is 0.472 e. The third-order valence-corrected chi connectivity index (χ3v) is 1.86. The average molecular weight is 205 g/mol. The van der Waals surface area contributed by atoms with Crippen molar-refractivity contribution in [3.05, 3.63) is 29.3 Å². The van der Waals surface area contributed by atoms with E-state index in [0.29, 0.717) is 4.42 Å². The molecular weight excluding hydrogens is 201 g/mol. The van der Waals surface area contributed by atoms with Gasteiger partial charge in [-0.25, -0.2) is 9.90 Å². The molecule has 0 spiro atoms. The summed E-state index contributed by atoms with van der Waals surface area (Å²) < 4.78 is 0.433. The Bertz CT molecular complexity index is 303. The van der Waals surface area contributed by atoms with Crippen LogP contribution in [0, 0.1) is 0 Å². The maximum atomic E-state index is 10.3. The van der Waals surface area contributed by atoms with Crippen molar-refractivity contribution in [2.45, 2.75) is 0 Å². The Labute approximate surface area is 79.2 Å². The Morgan fingerprint density at radius 2 is 1.92 bits per heavy atom. The molecule has 0 aliphatic carbocycles. The zero-order valence-corrected chi connectivity index (χ0v) is 7.34. The van der Waals surface area contributed by atoms with Gasteiger partial charge in [0, 0.05) is 11.8 Å². The van der Waals surface area contributed by atoms with E-state index in [1.165, 1.54) is 12.1 Å². The number of carbonyl (C=O) groups excluding carboxylic acids is 1. The van der Waals surface area contributed by atoms with Crippen LogP contribution in [-0.2, 0) is 5.11 Å². The number of nitrogens with zero attached hydrogens (tertiary/aromatic N) is 1. The van der Waals surface area contributed by atoms with E-state index in [-0.39, 0.29) is 10.7 Å². The highest BCUT2D eigenvalue weighted by atomic mass is 35.5.